The van der Waals surface area contributed by atoms with Crippen molar-refractivity contribution in [1.29, 1.82) is 0 Å². The van der Waals surface area contributed by atoms with Gasteiger partial charge in [0.2, 0.25) is 10.0 Å². The first-order valence-electron chi connectivity index (χ1n) is 6.06. The zero-order valence-electron chi connectivity index (χ0n) is 11.1. The standard InChI is InChI=1S/C12H19NO6S/c1-9(19-16)6-10-2-4-12(5-3-10)20(17,18)13-7-11(15)8-14/h2-5,9,11,13-16H,6-8H2,1H3. The Morgan fingerprint density at radius 1 is 1.30 bits per heavy atom. The molecular formula is C12H19NO6S. The van der Waals surface area contributed by atoms with Crippen molar-refractivity contribution in [2.45, 2.75) is 30.4 Å². The molecule has 1 aromatic carbocycles. The van der Waals surface area contributed by atoms with Crippen molar-refractivity contribution in [3.8, 4) is 0 Å². The third-order valence-corrected chi connectivity index (χ3v) is 4.10. The van der Waals surface area contributed by atoms with Crippen LogP contribution in [0.15, 0.2) is 29.2 Å². The molecule has 0 radical (unpaired) electrons. The minimum atomic E-state index is -3.72. The van der Waals surface area contributed by atoms with Gasteiger partial charge in [0, 0.05) is 13.0 Å². The van der Waals surface area contributed by atoms with Crippen LogP contribution in [-0.2, 0) is 21.3 Å². The second-order valence-electron chi connectivity index (χ2n) is 4.45. The molecule has 0 aromatic heterocycles. The second kappa shape index (κ2) is 7.67. The van der Waals surface area contributed by atoms with Crippen LogP contribution in [0.5, 0.6) is 0 Å². The van der Waals surface area contributed by atoms with Gasteiger partial charge in [0.25, 0.3) is 0 Å². The Morgan fingerprint density at radius 2 is 1.90 bits per heavy atom. The largest absolute Gasteiger partial charge is 0.394 e. The zero-order valence-corrected chi connectivity index (χ0v) is 11.9. The molecule has 1 rings (SSSR count). The summed E-state index contributed by atoms with van der Waals surface area (Å²) in [4.78, 5) is 4.21. The summed E-state index contributed by atoms with van der Waals surface area (Å²) in [6.07, 6.45) is -1.06. The lowest BCUT2D eigenvalue weighted by molar-refractivity contribution is -0.273. The normalized spacial score (nSPS) is 15.0. The lowest BCUT2D eigenvalue weighted by Crippen LogP contribution is -2.33. The van der Waals surface area contributed by atoms with E-state index in [0.717, 1.165) is 5.56 Å². The summed E-state index contributed by atoms with van der Waals surface area (Å²) in [6, 6.07) is 6.08. The van der Waals surface area contributed by atoms with E-state index in [1.165, 1.54) is 12.1 Å². The first kappa shape index (κ1) is 17.0. The van der Waals surface area contributed by atoms with E-state index in [1.807, 2.05) is 0 Å². The van der Waals surface area contributed by atoms with E-state index in [2.05, 4.69) is 9.61 Å². The Bertz CT molecular complexity index is 501. The zero-order chi connectivity index (χ0) is 15.2. The molecule has 0 heterocycles. The highest BCUT2D eigenvalue weighted by Gasteiger charge is 2.15. The minimum absolute atomic E-state index is 0.0592. The Balaban J connectivity index is 2.71. The SMILES string of the molecule is CC(Cc1ccc(S(=O)(=O)NCC(O)CO)cc1)OO. The lowest BCUT2D eigenvalue weighted by atomic mass is 10.1. The molecule has 1 aromatic rings. The first-order valence-corrected chi connectivity index (χ1v) is 7.55. The predicted octanol–water partition coefficient (Wildman–Crippen LogP) is -0.261. The van der Waals surface area contributed by atoms with Crippen LogP contribution in [0.4, 0.5) is 0 Å². The molecule has 2 atom stereocenters. The highest BCUT2D eigenvalue weighted by atomic mass is 32.2. The average Bonchev–Trinajstić information content (AvgIpc) is 2.45. The fraction of sp³-hybridized carbons (Fsp3) is 0.500. The Kier molecular flexibility index (Phi) is 6.53. The third-order valence-electron chi connectivity index (χ3n) is 2.66. The molecule has 4 N–H and O–H groups in total. The fourth-order valence-electron chi connectivity index (χ4n) is 1.53. The number of benzene rings is 1. The molecule has 2 unspecified atom stereocenters. The average molecular weight is 305 g/mol. The van der Waals surface area contributed by atoms with Crippen LogP contribution in [-0.4, -0.2) is 49.2 Å². The number of hydrogen-bond donors (Lipinski definition) is 4. The second-order valence-corrected chi connectivity index (χ2v) is 6.22. The van der Waals surface area contributed by atoms with Gasteiger partial charge in [-0.3, -0.25) is 5.26 Å². The fourth-order valence-corrected chi connectivity index (χ4v) is 2.60. The molecule has 0 amide bonds. The van der Waals surface area contributed by atoms with Crippen molar-refractivity contribution in [2.75, 3.05) is 13.2 Å². The summed E-state index contributed by atoms with van der Waals surface area (Å²) >= 11 is 0. The van der Waals surface area contributed by atoms with Crippen molar-refractivity contribution in [3.05, 3.63) is 29.8 Å². The Hall–Kier alpha value is -1.03. The summed E-state index contributed by atoms with van der Waals surface area (Å²) < 4.78 is 25.9. The van der Waals surface area contributed by atoms with E-state index in [-0.39, 0.29) is 17.5 Å². The Morgan fingerprint density at radius 3 is 2.40 bits per heavy atom. The van der Waals surface area contributed by atoms with Gasteiger partial charge in [0.1, 0.15) is 0 Å². The molecule has 7 nitrogen and oxygen atoms in total. The van der Waals surface area contributed by atoms with E-state index < -0.39 is 22.7 Å². The number of rotatable bonds is 8. The number of hydrogen-bond acceptors (Lipinski definition) is 6. The molecule has 0 fully saturated rings. The summed E-state index contributed by atoms with van der Waals surface area (Å²) in [5.74, 6) is 0. The molecule has 20 heavy (non-hydrogen) atoms. The maximum Gasteiger partial charge on any atom is 0.240 e. The summed E-state index contributed by atoms with van der Waals surface area (Å²) in [7, 11) is -3.72. The van der Waals surface area contributed by atoms with E-state index in [9.17, 15) is 8.42 Å². The van der Waals surface area contributed by atoms with Crippen LogP contribution in [0.25, 0.3) is 0 Å². The molecule has 114 valence electrons. The molecule has 0 spiro atoms. The number of aliphatic hydroxyl groups excluding tert-OH is 2. The molecule has 8 heteroatoms. The maximum atomic E-state index is 11.9. The highest BCUT2D eigenvalue weighted by molar-refractivity contribution is 7.89. The minimum Gasteiger partial charge on any atom is -0.394 e. The van der Waals surface area contributed by atoms with Crippen LogP contribution < -0.4 is 4.72 Å². The quantitative estimate of drug-likeness (QED) is 0.388. The van der Waals surface area contributed by atoms with Gasteiger partial charge in [-0.05, 0) is 24.6 Å². The van der Waals surface area contributed by atoms with Crippen molar-refractivity contribution < 1.29 is 28.8 Å². The van der Waals surface area contributed by atoms with E-state index in [4.69, 9.17) is 15.5 Å². The van der Waals surface area contributed by atoms with Crippen LogP contribution in [0.3, 0.4) is 0 Å². The molecular weight excluding hydrogens is 286 g/mol. The molecule has 0 aliphatic carbocycles. The van der Waals surface area contributed by atoms with Crippen molar-refractivity contribution in [1.82, 2.24) is 4.72 Å². The summed E-state index contributed by atoms with van der Waals surface area (Å²) in [5.41, 5.74) is 0.820. The summed E-state index contributed by atoms with van der Waals surface area (Å²) in [6.45, 7) is 0.916. The van der Waals surface area contributed by atoms with Gasteiger partial charge in [0.05, 0.1) is 23.7 Å². The molecule has 0 saturated carbocycles. The van der Waals surface area contributed by atoms with E-state index >= 15 is 0 Å². The first-order chi connectivity index (χ1) is 9.39. The maximum absolute atomic E-state index is 11.9. The van der Waals surface area contributed by atoms with Gasteiger partial charge in [-0.25, -0.2) is 18.0 Å². The van der Waals surface area contributed by atoms with Gasteiger partial charge in [0.15, 0.2) is 0 Å². The Labute approximate surface area is 117 Å². The van der Waals surface area contributed by atoms with Crippen LogP contribution in [0, 0.1) is 0 Å². The molecule has 0 saturated heterocycles. The van der Waals surface area contributed by atoms with Gasteiger partial charge in [-0.1, -0.05) is 12.1 Å². The van der Waals surface area contributed by atoms with Crippen molar-refractivity contribution in [2.24, 2.45) is 0 Å². The van der Waals surface area contributed by atoms with Crippen molar-refractivity contribution in [3.63, 3.8) is 0 Å². The van der Waals surface area contributed by atoms with Gasteiger partial charge >= 0.3 is 0 Å². The molecule has 0 aliphatic rings. The number of nitrogens with one attached hydrogen (secondary N) is 1. The predicted molar refractivity (Wildman–Crippen MR) is 71.6 cm³/mol. The number of aliphatic hydroxyl groups is 2. The van der Waals surface area contributed by atoms with Crippen LogP contribution in [0.1, 0.15) is 12.5 Å². The van der Waals surface area contributed by atoms with Crippen LogP contribution >= 0.6 is 0 Å². The van der Waals surface area contributed by atoms with Gasteiger partial charge < -0.3 is 10.2 Å². The van der Waals surface area contributed by atoms with E-state index in [0.29, 0.717) is 6.42 Å². The monoisotopic (exact) mass is 305 g/mol. The molecule has 0 bridgehead atoms. The topological polar surface area (TPSA) is 116 Å². The van der Waals surface area contributed by atoms with Crippen LogP contribution in [0.2, 0.25) is 0 Å². The lowest BCUT2D eigenvalue weighted by Gasteiger charge is -2.11. The van der Waals surface area contributed by atoms with Crippen molar-refractivity contribution >= 4 is 10.0 Å². The third kappa shape index (κ3) is 5.16. The highest BCUT2D eigenvalue weighted by Crippen LogP contribution is 2.12. The van der Waals surface area contributed by atoms with Gasteiger partial charge in [-0.15, -0.1) is 0 Å². The number of sulfonamides is 1. The van der Waals surface area contributed by atoms with Gasteiger partial charge in [-0.2, -0.15) is 0 Å². The van der Waals surface area contributed by atoms with E-state index in [1.54, 1.807) is 19.1 Å². The summed E-state index contributed by atoms with van der Waals surface area (Å²) in [5, 5.41) is 26.2. The molecule has 0 aliphatic heterocycles. The smallest absolute Gasteiger partial charge is 0.240 e.